The van der Waals surface area contributed by atoms with Gasteiger partial charge in [0.05, 0.1) is 12.2 Å². The van der Waals surface area contributed by atoms with Crippen molar-refractivity contribution in [1.82, 2.24) is 15.1 Å². The van der Waals surface area contributed by atoms with E-state index in [4.69, 9.17) is 11.6 Å². The van der Waals surface area contributed by atoms with Gasteiger partial charge in [-0.25, -0.2) is 4.68 Å². The van der Waals surface area contributed by atoms with E-state index in [1.165, 1.54) is 10.8 Å². The highest BCUT2D eigenvalue weighted by Gasteiger charge is 2.25. The van der Waals surface area contributed by atoms with Crippen LogP contribution in [0.2, 0.25) is 5.02 Å². The van der Waals surface area contributed by atoms with E-state index in [9.17, 15) is 9.59 Å². The number of benzene rings is 1. The van der Waals surface area contributed by atoms with Crippen molar-refractivity contribution in [2.24, 2.45) is 0 Å². The van der Waals surface area contributed by atoms with Gasteiger partial charge in [0.1, 0.15) is 0 Å². The highest BCUT2D eigenvalue weighted by atomic mass is 35.5. The number of carbonyl (C=O) groups excluding carboxylic acids is 1. The lowest BCUT2D eigenvalue weighted by Crippen LogP contribution is -2.31. The van der Waals surface area contributed by atoms with Crippen molar-refractivity contribution in [3.8, 4) is 0 Å². The van der Waals surface area contributed by atoms with E-state index >= 15 is 0 Å². The van der Waals surface area contributed by atoms with Crippen LogP contribution in [0.15, 0.2) is 47.3 Å². The van der Waals surface area contributed by atoms with Crippen LogP contribution in [0.25, 0.3) is 6.08 Å². The Balaban J connectivity index is 1.50. The van der Waals surface area contributed by atoms with Gasteiger partial charge >= 0.3 is 0 Å². The lowest BCUT2D eigenvalue weighted by atomic mass is 10.2. The Hall–Kier alpha value is -2.40. The number of carbonyl (C=O) groups is 1. The third-order valence-electron chi connectivity index (χ3n) is 3.80. The number of hydrogen-bond donors (Lipinski definition) is 1. The molecule has 0 aliphatic heterocycles. The molecule has 0 unspecified atom stereocenters. The zero-order chi connectivity index (χ0) is 16.9. The van der Waals surface area contributed by atoms with E-state index in [1.54, 1.807) is 30.3 Å². The molecule has 0 bridgehead atoms. The van der Waals surface area contributed by atoms with Gasteiger partial charge in [0.15, 0.2) is 0 Å². The van der Waals surface area contributed by atoms with Crippen LogP contribution in [0, 0.1) is 0 Å². The number of amides is 1. The highest BCUT2D eigenvalue weighted by molar-refractivity contribution is 6.30. The Morgan fingerprint density at radius 1 is 1.25 bits per heavy atom. The molecule has 1 saturated carbocycles. The van der Waals surface area contributed by atoms with E-state index in [0.29, 0.717) is 24.0 Å². The third kappa shape index (κ3) is 4.55. The number of hydrogen-bond acceptors (Lipinski definition) is 3. The fraction of sp³-hybridized carbons (Fsp3) is 0.278. The van der Waals surface area contributed by atoms with Crippen LogP contribution in [0.1, 0.15) is 30.0 Å². The molecule has 1 N–H and O–H groups in total. The maximum atomic E-state index is 11.8. The summed E-state index contributed by atoms with van der Waals surface area (Å²) in [6.07, 6.45) is 5.44. The molecule has 1 amide bonds. The SMILES string of the molecule is O=C(/C=C/c1ccc(Cl)cc1)NCCn1nc(C2CC2)ccc1=O. The van der Waals surface area contributed by atoms with E-state index < -0.39 is 0 Å². The van der Waals surface area contributed by atoms with E-state index in [2.05, 4.69) is 10.4 Å². The molecule has 3 rings (SSSR count). The third-order valence-corrected chi connectivity index (χ3v) is 4.05. The van der Waals surface area contributed by atoms with Crippen molar-refractivity contribution in [3.05, 3.63) is 69.1 Å². The first kappa shape index (κ1) is 16.5. The van der Waals surface area contributed by atoms with Gasteiger partial charge in [-0.15, -0.1) is 0 Å². The quantitative estimate of drug-likeness (QED) is 0.820. The molecule has 6 heteroatoms. The summed E-state index contributed by atoms with van der Waals surface area (Å²) in [5.74, 6) is 0.282. The highest BCUT2D eigenvalue weighted by Crippen LogP contribution is 2.38. The lowest BCUT2D eigenvalue weighted by Gasteiger charge is -2.07. The van der Waals surface area contributed by atoms with Crippen LogP contribution in [0.3, 0.4) is 0 Å². The summed E-state index contributed by atoms with van der Waals surface area (Å²) >= 11 is 5.81. The largest absolute Gasteiger partial charge is 0.351 e. The van der Waals surface area contributed by atoms with Crippen molar-refractivity contribution in [2.75, 3.05) is 6.54 Å². The molecule has 1 aromatic carbocycles. The second-order valence-corrected chi connectivity index (χ2v) is 6.21. The van der Waals surface area contributed by atoms with Crippen LogP contribution < -0.4 is 10.9 Å². The lowest BCUT2D eigenvalue weighted by molar-refractivity contribution is -0.116. The van der Waals surface area contributed by atoms with Crippen LogP contribution in [0.4, 0.5) is 0 Å². The minimum atomic E-state index is -0.212. The average molecular weight is 344 g/mol. The van der Waals surface area contributed by atoms with Crippen LogP contribution in [0.5, 0.6) is 0 Å². The van der Waals surface area contributed by atoms with Crippen LogP contribution in [-0.2, 0) is 11.3 Å². The molecule has 24 heavy (non-hydrogen) atoms. The number of nitrogens with one attached hydrogen (secondary N) is 1. The topological polar surface area (TPSA) is 64.0 Å². The second kappa shape index (κ2) is 7.45. The molecule has 0 radical (unpaired) electrons. The Morgan fingerprint density at radius 3 is 2.71 bits per heavy atom. The molecule has 1 fully saturated rings. The predicted molar refractivity (Wildman–Crippen MR) is 94.0 cm³/mol. The zero-order valence-electron chi connectivity index (χ0n) is 13.1. The Morgan fingerprint density at radius 2 is 2.00 bits per heavy atom. The van der Waals surface area contributed by atoms with Crippen LogP contribution in [-0.4, -0.2) is 22.2 Å². The maximum Gasteiger partial charge on any atom is 0.266 e. The molecule has 124 valence electrons. The summed E-state index contributed by atoms with van der Waals surface area (Å²) in [6, 6.07) is 10.5. The Kier molecular flexibility index (Phi) is 5.11. The van der Waals surface area contributed by atoms with Crippen molar-refractivity contribution in [3.63, 3.8) is 0 Å². The Labute approximate surface area is 145 Å². The van der Waals surface area contributed by atoms with Gasteiger partial charge in [0.2, 0.25) is 5.91 Å². The van der Waals surface area contributed by atoms with Crippen molar-refractivity contribution in [2.45, 2.75) is 25.3 Å². The maximum absolute atomic E-state index is 11.8. The van der Waals surface area contributed by atoms with Crippen molar-refractivity contribution in [1.29, 1.82) is 0 Å². The molecule has 1 aliphatic rings. The first-order valence-corrected chi connectivity index (χ1v) is 8.29. The molecule has 1 heterocycles. The molecule has 1 aromatic heterocycles. The Bertz CT molecular complexity index is 808. The zero-order valence-corrected chi connectivity index (χ0v) is 13.9. The summed E-state index contributed by atoms with van der Waals surface area (Å²) in [6.45, 7) is 0.713. The minimum absolute atomic E-state index is 0.148. The molecule has 0 saturated heterocycles. The van der Waals surface area contributed by atoms with Gasteiger partial charge in [-0.2, -0.15) is 5.10 Å². The molecule has 0 atom stereocenters. The normalized spacial score (nSPS) is 14.0. The first-order chi connectivity index (χ1) is 11.6. The fourth-order valence-electron chi connectivity index (χ4n) is 2.31. The van der Waals surface area contributed by atoms with Gasteiger partial charge in [-0.05, 0) is 42.7 Å². The minimum Gasteiger partial charge on any atom is -0.351 e. The van der Waals surface area contributed by atoms with Crippen molar-refractivity contribution >= 4 is 23.6 Å². The van der Waals surface area contributed by atoms with Crippen molar-refractivity contribution < 1.29 is 4.79 Å². The fourth-order valence-corrected chi connectivity index (χ4v) is 2.44. The second-order valence-electron chi connectivity index (χ2n) is 5.77. The van der Waals surface area contributed by atoms with E-state index in [1.807, 2.05) is 12.1 Å². The molecular formula is C18H18ClN3O2. The predicted octanol–water partition coefficient (Wildman–Crippen LogP) is 2.60. The average Bonchev–Trinajstić information content (AvgIpc) is 3.41. The number of nitrogens with zero attached hydrogens (tertiary/aromatic N) is 2. The first-order valence-electron chi connectivity index (χ1n) is 7.91. The molecule has 0 spiro atoms. The molecular weight excluding hydrogens is 326 g/mol. The van der Waals surface area contributed by atoms with Gasteiger partial charge in [-0.1, -0.05) is 23.7 Å². The number of aromatic nitrogens is 2. The summed E-state index contributed by atoms with van der Waals surface area (Å²) in [5, 5.41) is 7.76. The smallest absolute Gasteiger partial charge is 0.266 e. The summed E-state index contributed by atoms with van der Waals surface area (Å²) in [4.78, 5) is 23.6. The van der Waals surface area contributed by atoms with Crippen LogP contribution >= 0.6 is 11.6 Å². The van der Waals surface area contributed by atoms with Gasteiger partial charge in [0.25, 0.3) is 5.56 Å². The van der Waals surface area contributed by atoms with E-state index in [-0.39, 0.29) is 11.5 Å². The van der Waals surface area contributed by atoms with Gasteiger partial charge in [-0.3, -0.25) is 9.59 Å². The summed E-state index contributed by atoms with van der Waals surface area (Å²) in [7, 11) is 0. The molecule has 1 aliphatic carbocycles. The number of rotatable bonds is 6. The van der Waals surface area contributed by atoms with Gasteiger partial charge < -0.3 is 5.32 Å². The monoisotopic (exact) mass is 343 g/mol. The standard InChI is InChI=1S/C18H18ClN3O2/c19-15-6-1-13(2-7-15)3-9-17(23)20-11-12-22-18(24)10-8-16(21-22)14-4-5-14/h1-3,6-10,14H,4-5,11-12H2,(H,20,23)/b9-3+. The summed E-state index contributed by atoms with van der Waals surface area (Å²) < 4.78 is 1.41. The molecule has 5 nitrogen and oxygen atoms in total. The number of halogens is 1. The molecule has 2 aromatic rings. The van der Waals surface area contributed by atoms with E-state index in [0.717, 1.165) is 24.1 Å². The van der Waals surface area contributed by atoms with Gasteiger partial charge in [0, 0.05) is 29.6 Å². The summed E-state index contributed by atoms with van der Waals surface area (Å²) in [5.41, 5.74) is 1.71.